The van der Waals surface area contributed by atoms with Crippen molar-refractivity contribution in [2.45, 2.75) is 56.8 Å². The van der Waals surface area contributed by atoms with Gasteiger partial charge in [0, 0.05) is 6.04 Å². The van der Waals surface area contributed by atoms with E-state index in [0.717, 1.165) is 0 Å². The molecule has 1 aliphatic rings. The zero-order valence-electron chi connectivity index (χ0n) is 9.27. The van der Waals surface area contributed by atoms with E-state index in [1.54, 1.807) is 0 Å². The maximum Gasteiger partial charge on any atom is 0.236 e. The summed E-state index contributed by atoms with van der Waals surface area (Å²) < 4.78 is -0.445. The average molecular weight is 262 g/mol. The van der Waals surface area contributed by atoms with Crippen molar-refractivity contribution in [3.63, 3.8) is 0 Å². The molecule has 14 heavy (non-hydrogen) atoms. The number of amides is 1. The van der Waals surface area contributed by atoms with Crippen LogP contribution in [0.3, 0.4) is 0 Å². The number of hydrogen-bond acceptors (Lipinski definition) is 1. The molecule has 1 atom stereocenters. The molecule has 0 bridgehead atoms. The summed E-state index contributed by atoms with van der Waals surface area (Å²) in [5.41, 5.74) is 0. The molecular formula is C11H20BrNO. The molecule has 1 rings (SSSR count). The van der Waals surface area contributed by atoms with Gasteiger partial charge < -0.3 is 5.32 Å². The topological polar surface area (TPSA) is 29.1 Å². The van der Waals surface area contributed by atoms with E-state index in [2.05, 4.69) is 28.2 Å². The first-order valence-corrected chi connectivity index (χ1v) is 6.20. The Labute approximate surface area is 95.0 Å². The van der Waals surface area contributed by atoms with Crippen LogP contribution in [0.15, 0.2) is 0 Å². The number of rotatable bonds is 3. The summed E-state index contributed by atoms with van der Waals surface area (Å²) in [5.74, 6) is 0.783. The van der Waals surface area contributed by atoms with Crippen LogP contribution < -0.4 is 5.32 Å². The van der Waals surface area contributed by atoms with Gasteiger partial charge in [-0.1, -0.05) is 28.8 Å². The standard InChI is InChI=1S/C11H20BrNO/c1-8(9-6-4-5-7-9)13-10(14)11(2,3)12/h8-9H,4-7H2,1-3H3,(H,13,14). The molecule has 1 fully saturated rings. The summed E-state index contributed by atoms with van der Waals surface area (Å²) >= 11 is 3.37. The quantitative estimate of drug-likeness (QED) is 0.778. The minimum absolute atomic E-state index is 0.0944. The Hall–Kier alpha value is -0.0500. The van der Waals surface area contributed by atoms with Crippen molar-refractivity contribution in [3.8, 4) is 0 Å². The highest BCUT2D eigenvalue weighted by molar-refractivity contribution is 9.10. The van der Waals surface area contributed by atoms with E-state index >= 15 is 0 Å². The Bertz CT molecular complexity index is 204. The lowest BCUT2D eigenvalue weighted by Gasteiger charge is -2.24. The van der Waals surface area contributed by atoms with E-state index in [1.807, 2.05) is 13.8 Å². The monoisotopic (exact) mass is 261 g/mol. The van der Waals surface area contributed by atoms with E-state index in [9.17, 15) is 4.79 Å². The van der Waals surface area contributed by atoms with Gasteiger partial charge in [0.15, 0.2) is 0 Å². The first-order valence-electron chi connectivity index (χ1n) is 5.41. The largest absolute Gasteiger partial charge is 0.352 e. The summed E-state index contributed by atoms with van der Waals surface area (Å²) in [6.07, 6.45) is 5.18. The van der Waals surface area contributed by atoms with Gasteiger partial charge in [-0.2, -0.15) is 0 Å². The molecule has 82 valence electrons. The summed E-state index contributed by atoms with van der Waals surface area (Å²) in [6.45, 7) is 5.88. The third-order valence-electron chi connectivity index (χ3n) is 3.01. The first-order chi connectivity index (χ1) is 6.41. The normalized spacial score (nSPS) is 20.9. The Kier molecular flexibility index (Phi) is 3.99. The van der Waals surface area contributed by atoms with Gasteiger partial charge in [-0.25, -0.2) is 0 Å². The molecule has 0 aromatic heterocycles. The molecular weight excluding hydrogens is 242 g/mol. The fourth-order valence-electron chi connectivity index (χ4n) is 1.95. The zero-order chi connectivity index (χ0) is 10.8. The van der Waals surface area contributed by atoms with Crippen LogP contribution in [0.1, 0.15) is 46.5 Å². The van der Waals surface area contributed by atoms with E-state index in [1.165, 1.54) is 25.7 Å². The van der Waals surface area contributed by atoms with Crippen molar-refractivity contribution in [2.24, 2.45) is 5.92 Å². The van der Waals surface area contributed by atoms with Gasteiger partial charge in [0.05, 0.1) is 4.32 Å². The van der Waals surface area contributed by atoms with Crippen molar-refractivity contribution in [1.29, 1.82) is 0 Å². The number of nitrogens with one attached hydrogen (secondary N) is 1. The molecule has 0 radical (unpaired) electrons. The second-order valence-corrected chi connectivity index (χ2v) is 6.76. The average Bonchev–Trinajstić information content (AvgIpc) is 2.53. The molecule has 3 heteroatoms. The Morgan fingerprint density at radius 3 is 2.36 bits per heavy atom. The smallest absolute Gasteiger partial charge is 0.236 e. The lowest BCUT2D eigenvalue weighted by molar-refractivity contribution is -0.123. The van der Waals surface area contributed by atoms with E-state index in [-0.39, 0.29) is 5.91 Å². The third kappa shape index (κ3) is 3.26. The number of alkyl halides is 1. The molecule has 0 heterocycles. The van der Waals surface area contributed by atoms with Crippen molar-refractivity contribution in [1.82, 2.24) is 5.32 Å². The fourth-order valence-corrected chi connectivity index (χ4v) is 2.07. The summed E-state index contributed by atoms with van der Waals surface area (Å²) in [5, 5.41) is 3.08. The Morgan fingerprint density at radius 2 is 1.93 bits per heavy atom. The van der Waals surface area contributed by atoms with Gasteiger partial charge in [0.1, 0.15) is 0 Å². The van der Waals surface area contributed by atoms with E-state index in [0.29, 0.717) is 12.0 Å². The molecule has 1 amide bonds. The zero-order valence-corrected chi connectivity index (χ0v) is 10.9. The molecule has 1 saturated carbocycles. The van der Waals surface area contributed by atoms with Crippen molar-refractivity contribution in [2.75, 3.05) is 0 Å². The molecule has 0 aromatic carbocycles. The Balaban J connectivity index is 2.39. The van der Waals surface area contributed by atoms with Gasteiger partial charge in [-0.3, -0.25) is 4.79 Å². The molecule has 0 aliphatic heterocycles. The van der Waals surface area contributed by atoms with Crippen LogP contribution in [0, 0.1) is 5.92 Å². The van der Waals surface area contributed by atoms with Crippen molar-refractivity contribution in [3.05, 3.63) is 0 Å². The SMILES string of the molecule is CC(NC(=O)C(C)(C)Br)C1CCCC1. The number of hydrogen-bond donors (Lipinski definition) is 1. The number of carbonyl (C=O) groups is 1. The fraction of sp³-hybridized carbons (Fsp3) is 0.909. The number of halogens is 1. The van der Waals surface area contributed by atoms with Gasteiger partial charge in [0.25, 0.3) is 0 Å². The maximum atomic E-state index is 11.7. The van der Waals surface area contributed by atoms with Crippen LogP contribution in [0.4, 0.5) is 0 Å². The van der Waals surface area contributed by atoms with Crippen LogP contribution in [0.5, 0.6) is 0 Å². The highest BCUT2D eigenvalue weighted by atomic mass is 79.9. The van der Waals surface area contributed by atoms with E-state index in [4.69, 9.17) is 0 Å². The van der Waals surface area contributed by atoms with E-state index < -0.39 is 4.32 Å². The summed E-state index contributed by atoms with van der Waals surface area (Å²) in [6, 6.07) is 0.321. The molecule has 0 saturated heterocycles. The van der Waals surface area contributed by atoms with Crippen LogP contribution in [-0.4, -0.2) is 16.3 Å². The molecule has 0 aromatic rings. The second kappa shape index (κ2) is 4.65. The first kappa shape index (κ1) is 12.0. The molecule has 1 unspecified atom stereocenters. The highest BCUT2D eigenvalue weighted by Gasteiger charge is 2.28. The predicted octanol–water partition coefficient (Wildman–Crippen LogP) is 2.85. The number of carbonyl (C=O) groups excluding carboxylic acids is 1. The third-order valence-corrected chi connectivity index (χ3v) is 3.37. The minimum atomic E-state index is -0.445. The molecule has 0 spiro atoms. The van der Waals surface area contributed by atoms with Crippen LogP contribution in [0.2, 0.25) is 0 Å². The minimum Gasteiger partial charge on any atom is -0.352 e. The lowest BCUT2D eigenvalue weighted by atomic mass is 9.99. The molecule has 1 aliphatic carbocycles. The highest BCUT2D eigenvalue weighted by Crippen LogP contribution is 2.28. The van der Waals surface area contributed by atoms with Crippen LogP contribution in [-0.2, 0) is 4.79 Å². The van der Waals surface area contributed by atoms with Gasteiger partial charge in [-0.05, 0) is 39.5 Å². The van der Waals surface area contributed by atoms with Gasteiger partial charge >= 0.3 is 0 Å². The van der Waals surface area contributed by atoms with Crippen molar-refractivity contribution >= 4 is 21.8 Å². The Morgan fingerprint density at radius 1 is 1.43 bits per heavy atom. The maximum absolute atomic E-state index is 11.7. The lowest BCUT2D eigenvalue weighted by Crippen LogP contribution is -2.44. The van der Waals surface area contributed by atoms with Crippen LogP contribution in [0.25, 0.3) is 0 Å². The van der Waals surface area contributed by atoms with Gasteiger partial charge in [-0.15, -0.1) is 0 Å². The van der Waals surface area contributed by atoms with Gasteiger partial charge in [0.2, 0.25) is 5.91 Å². The molecule has 2 nitrogen and oxygen atoms in total. The predicted molar refractivity (Wildman–Crippen MR) is 62.6 cm³/mol. The second-order valence-electron chi connectivity index (χ2n) is 4.78. The van der Waals surface area contributed by atoms with Crippen LogP contribution >= 0.6 is 15.9 Å². The molecule has 1 N–H and O–H groups in total. The summed E-state index contributed by atoms with van der Waals surface area (Å²) in [4.78, 5) is 11.7. The summed E-state index contributed by atoms with van der Waals surface area (Å²) in [7, 11) is 0. The van der Waals surface area contributed by atoms with Crippen molar-refractivity contribution < 1.29 is 4.79 Å².